The second-order valence-electron chi connectivity index (χ2n) is 31.8. The summed E-state index contributed by atoms with van der Waals surface area (Å²) in [5.74, 6) is 0.285. The molecule has 0 aliphatic rings. The van der Waals surface area contributed by atoms with Crippen LogP contribution in [-0.2, 0) is 49.4 Å². The molecule has 8 nitrogen and oxygen atoms in total. The van der Waals surface area contributed by atoms with Gasteiger partial charge in [-0.2, -0.15) is 105 Å². The smallest absolute Gasteiger partial charge is 0.309 e. The van der Waals surface area contributed by atoms with Gasteiger partial charge >= 0.3 is 49.4 Å². The predicted octanol–water partition coefficient (Wildman–Crippen LogP) is 32.4. The van der Waals surface area contributed by atoms with Crippen LogP contribution in [0.2, 0.25) is 0 Å². The zero-order valence-corrected chi connectivity index (χ0v) is 68.8. The summed E-state index contributed by atoms with van der Waals surface area (Å²) in [5.41, 5.74) is -14.3. The summed E-state index contributed by atoms with van der Waals surface area (Å²) in [6.07, 6.45) is -43.0. The molecule has 4 heterocycles. The van der Waals surface area contributed by atoms with Crippen molar-refractivity contribution < 1.29 is 105 Å². The number of rotatable bonds is 14. The highest BCUT2D eigenvalue weighted by atomic mass is 19.4. The molecule has 0 aliphatic carbocycles. The first kappa shape index (κ1) is 89.5. The lowest BCUT2D eigenvalue weighted by atomic mass is 9.91. The Hall–Kier alpha value is -15.8. The van der Waals surface area contributed by atoms with E-state index >= 15 is 0 Å². The highest BCUT2D eigenvalue weighted by Crippen LogP contribution is 2.52. The van der Waals surface area contributed by atoms with E-state index in [1.54, 1.807) is 191 Å². The van der Waals surface area contributed by atoms with Crippen molar-refractivity contribution in [1.29, 1.82) is 0 Å². The zero-order valence-electron chi connectivity index (χ0n) is 68.8. The maximum atomic E-state index is 14.9. The topological polar surface area (TPSA) is 87.2 Å². The third-order valence-electron chi connectivity index (χ3n) is 23.1. The zero-order chi connectivity index (χ0) is 95.8. The lowest BCUT2D eigenvalue weighted by molar-refractivity contribution is -0.144. The predicted molar refractivity (Wildman–Crippen MR) is 467 cm³/mol. The van der Waals surface area contributed by atoms with Crippen LogP contribution in [0.4, 0.5) is 105 Å². The molecule has 0 amide bonds. The molecule has 19 aromatic rings. The average Bonchev–Trinajstić information content (AvgIpc) is 1.14. The fraction of sp³-hybridized carbons (Fsp3) is 0.0769. The Morgan fingerprint density at radius 2 is 0.353 bits per heavy atom. The molecule has 32 heteroatoms. The standard InChI is InChI=1S/C104H54F24N8/c105-97(106,107)69-39-65(40-70(51-69)98(108,109)110)59-30-34-83-79(47-59)80-48-60(66-41-71(99(111,112)113)52-72(42-66)100(114,115)116)31-35-84(80)135(83)87-28-14-26-77(95-131-91(55-16-5-1-6-17-55)129-92(132-95)56-18-7-2-8-19-56)89(87)63-24-13-25-64(38-63)90-78(96-133-93(57-20-9-3-10-21-57)130-94(134-96)58-22-11-4-12-23-58)27-15-29-88(90)136-85-36-32-61(67-43-73(101(117,118)119)53-74(44-67)102(120,121)122)49-81(85)82-50-62(33-37-86(82)136)68-45-75(103(123,124)125)54-76(46-68)104(126,127)128/h1-54H. The molecule has 0 fully saturated rings. The van der Waals surface area contributed by atoms with E-state index in [0.717, 1.165) is 0 Å². The Morgan fingerprint density at radius 3 is 0.566 bits per heavy atom. The monoisotopic (exact) mass is 1870 g/mol. The molecule has 0 saturated carbocycles. The van der Waals surface area contributed by atoms with Gasteiger partial charge in [-0.05, 0) is 195 Å². The molecule has 4 aromatic heterocycles. The number of nitrogens with zero attached hydrogens (tertiary/aromatic N) is 8. The van der Waals surface area contributed by atoms with Crippen LogP contribution < -0.4 is 0 Å². The van der Waals surface area contributed by atoms with E-state index in [0.29, 0.717) is 70.8 Å². The van der Waals surface area contributed by atoms with Crippen molar-refractivity contribution in [2.45, 2.75) is 49.4 Å². The van der Waals surface area contributed by atoms with E-state index < -0.39 is 116 Å². The van der Waals surface area contributed by atoms with Crippen LogP contribution >= 0.6 is 0 Å². The fourth-order valence-corrected chi connectivity index (χ4v) is 16.9. The van der Waals surface area contributed by atoms with E-state index in [1.807, 2.05) is 0 Å². The van der Waals surface area contributed by atoms with Gasteiger partial charge in [0.2, 0.25) is 0 Å². The fourth-order valence-electron chi connectivity index (χ4n) is 16.9. The summed E-state index contributed by atoms with van der Waals surface area (Å²) < 4.78 is 360. The van der Waals surface area contributed by atoms with Crippen molar-refractivity contribution in [3.8, 4) is 146 Å². The van der Waals surface area contributed by atoms with E-state index in [1.165, 1.54) is 72.8 Å². The van der Waals surface area contributed by atoms with Gasteiger partial charge in [0.1, 0.15) is 0 Å². The number of alkyl halides is 24. The van der Waals surface area contributed by atoms with Crippen LogP contribution in [0, 0.1) is 0 Å². The highest BCUT2D eigenvalue weighted by Gasteiger charge is 2.43. The molecule has 0 radical (unpaired) electrons. The molecule has 19 rings (SSSR count). The number of hydrogen-bond donors (Lipinski definition) is 0. The summed E-state index contributed by atoms with van der Waals surface area (Å²) in [5, 5.41) is -0.225. The van der Waals surface area contributed by atoms with Crippen molar-refractivity contribution in [3.63, 3.8) is 0 Å². The maximum Gasteiger partial charge on any atom is 0.416 e. The first-order valence-corrected chi connectivity index (χ1v) is 40.9. The second kappa shape index (κ2) is 33.2. The van der Waals surface area contributed by atoms with E-state index in [-0.39, 0.29) is 170 Å². The SMILES string of the molecule is FC(F)(F)c1cc(-c2ccc3c(c2)c2cc(-c4cc(C(F)(F)F)cc(C(F)(F)F)c4)ccc2n3-c2cccc(-c3nc(-c4ccccc4)nc(-c4ccccc4)n3)c2-c2cccc(-c3c(-c4nc(-c5ccccc5)nc(-c5ccccc5)n4)cccc3-n3c4ccc(-c5cc(C(F)(F)F)cc(C(F)(F)F)c5)cc4c4cc(-c5cc(C(F)(F)F)cc(C(F)(F)F)c5)ccc43)c2)cc(C(F)(F)F)c1. The van der Waals surface area contributed by atoms with Gasteiger partial charge in [-0.3, -0.25) is 0 Å². The van der Waals surface area contributed by atoms with E-state index in [9.17, 15) is 105 Å². The minimum Gasteiger partial charge on any atom is -0.309 e. The number of benzene rings is 15. The van der Waals surface area contributed by atoms with E-state index in [4.69, 9.17) is 29.9 Å². The minimum absolute atomic E-state index is 0.0466. The molecule has 678 valence electrons. The molecule has 0 atom stereocenters. The van der Waals surface area contributed by atoms with Gasteiger partial charge in [0.25, 0.3) is 0 Å². The molecule has 136 heavy (non-hydrogen) atoms. The number of hydrogen-bond acceptors (Lipinski definition) is 6. The third kappa shape index (κ3) is 17.3. The average molecular weight is 1870 g/mol. The molecule has 0 saturated heterocycles. The number of fused-ring (bicyclic) bond motifs is 6. The summed E-state index contributed by atoms with van der Waals surface area (Å²) in [7, 11) is 0. The minimum atomic E-state index is -5.38. The van der Waals surface area contributed by atoms with Gasteiger partial charge in [-0.25, -0.2) is 29.9 Å². The molecule has 0 spiro atoms. The van der Waals surface area contributed by atoms with Crippen molar-refractivity contribution >= 4 is 43.6 Å². The number of aromatic nitrogens is 8. The molecule has 0 unspecified atom stereocenters. The van der Waals surface area contributed by atoms with Crippen molar-refractivity contribution in [3.05, 3.63) is 372 Å². The van der Waals surface area contributed by atoms with Crippen LogP contribution in [0.25, 0.3) is 190 Å². The Balaban J connectivity index is 0.934. The van der Waals surface area contributed by atoms with Gasteiger partial charge < -0.3 is 9.13 Å². The van der Waals surface area contributed by atoms with Crippen molar-refractivity contribution in [2.75, 3.05) is 0 Å². The molecular weight excluding hydrogens is 1820 g/mol. The van der Waals surface area contributed by atoms with Crippen molar-refractivity contribution in [2.24, 2.45) is 0 Å². The quantitative estimate of drug-likeness (QED) is 0.101. The summed E-state index contributed by atoms with van der Waals surface area (Å²) in [4.78, 5) is 30.5. The molecular formula is C104H54F24N8. The molecule has 15 aromatic carbocycles. The highest BCUT2D eigenvalue weighted by molar-refractivity contribution is 6.14. The largest absolute Gasteiger partial charge is 0.416 e. The van der Waals surface area contributed by atoms with Crippen LogP contribution in [-0.4, -0.2) is 39.0 Å². The maximum absolute atomic E-state index is 14.9. The summed E-state index contributed by atoms with van der Waals surface area (Å²) in [6, 6.07) is 68.9. The number of halogens is 24. The Bertz CT molecular complexity index is 6980. The third-order valence-corrected chi connectivity index (χ3v) is 23.1. The van der Waals surface area contributed by atoms with Crippen LogP contribution in [0.15, 0.2) is 328 Å². The van der Waals surface area contributed by atoms with Gasteiger partial charge in [0.05, 0.1) is 77.9 Å². The molecule has 0 aliphatic heterocycles. The molecule has 0 bridgehead atoms. The normalized spacial score (nSPS) is 12.7. The van der Waals surface area contributed by atoms with E-state index in [2.05, 4.69) is 0 Å². The van der Waals surface area contributed by atoms with Crippen molar-refractivity contribution in [1.82, 2.24) is 39.0 Å². The van der Waals surface area contributed by atoms with Crippen LogP contribution in [0.1, 0.15) is 44.5 Å². The van der Waals surface area contributed by atoms with Crippen LogP contribution in [0.5, 0.6) is 0 Å². The lowest BCUT2D eigenvalue weighted by Gasteiger charge is -2.21. The van der Waals surface area contributed by atoms with Gasteiger partial charge in [-0.15, -0.1) is 0 Å². The van der Waals surface area contributed by atoms with Gasteiger partial charge in [0, 0.05) is 66.1 Å². The van der Waals surface area contributed by atoms with Crippen LogP contribution in [0.3, 0.4) is 0 Å². The summed E-state index contributed by atoms with van der Waals surface area (Å²) in [6.45, 7) is 0. The summed E-state index contributed by atoms with van der Waals surface area (Å²) >= 11 is 0. The Kier molecular flexibility index (Phi) is 21.8. The molecule has 0 N–H and O–H groups in total. The second-order valence-corrected chi connectivity index (χ2v) is 31.8. The van der Waals surface area contributed by atoms with Gasteiger partial charge in [-0.1, -0.05) is 188 Å². The first-order valence-electron chi connectivity index (χ1n) is 40.9. The Morgan fingerprint density at radius 1 is 0.154 bits per heavy atom. The first-order chi connectivity index (χ1) is 64.4. The lowest BCUT2D eigenvalue weighted by Crippen LogP contribution is -2.11. The Labute approximate surface area is 752 Å². The van der Waals surface area contributed by atoms with Gasteiger partial charge in [0.15, 0.2) is 34.9 Å².